The van der Waals surface area contributed by atoms with Crippen LogP contribution in [0.3, 0.4) is 0 Å². The number of likely N-dealkylation sites (N-methyl/N-ethyl adjacent to an activating group) is 1. The summed E-state index contributed by atoms with van der Waals surface area (Å²) in [6.07, 6.45) is 9.52. The number of hydrogen-bond acceptors (Lipinski definition) is 5. The lowest BCUT2D eigenvalue weighted by Crippen LogP contribution is -2.45. The lowest BCUT2D eigenvalue weighted by Gasteiger charge is -2.27. The number of nitrogens with zero attached hydrogens (tertiary/aromatic N) is 4. The molecule has 5 heterocycles. The van der Waals surface area contributed by atoms with E-state index >= 15 is 0 Å². The standard InChI is InChI=1S/C23H24N4O3/c1-26(12-8-17-6-2-3-11-25-17)21(28)19-18-7-9-23(30-18)15-27(22(29)20(19)23)14-16-5-4-10-24-13-16/h2-7,9-11,13,18-20H,8,12,14-15H2,1H3/t18-,19-,20+,23-/m0/s1. The highest BCUT2D eigenvalue weighted by Crippen LogP contribution is 2.52. The van der Waals surface area contributed by atoms with Crippen molar-refractivity contribution in [1.29, 1.82) is 0 Å². The van der Waals surface area contributed by atoms with Crippen LogP contribution >= 0.6 is 0 Å². The average molecular weight is 404 g/mol. The normalized spacial score (nSPS) is 28.8. The van der Waals surface area contributed by atoms with Crippen LogP contribution in [0.2, 0.25) is 0 Å². The van der Waals surface area contributed by atoms with Crippen molar-refractivity contribution >= 4 is 11.8 Å². The van der Waals surface area contributed by atoms with Crippen molar-refractivity contribution in [2.24, 2.45) is 11.8 Å². The maximum Gasteiger partial charge on any atom is 0.230 e. The number of ether oxygens (including phenoxy) is 1. The minimum atomic E-state index is -0.688. The second kappa shape index (κ2) is 7.32. The van der Waals surface area contributed by atoms with Gasteiger partial charge in [0.1, 0.15) is 5.60 Å². The predicted molar refractivity (Wildman–Crippen MR) is 109 cm³/mol. The second-order valence-electron chi connectivity index (χ2n) is 8.29. The molecule has 2 aromatic heterocycles. The van der Waals surface area contributed by atoms with Crippen molar-refractivity contribution in [1.82, 2.24) is 19.8 Å². The van der Waals surface area contributed by atoms with E-state index in [0.29, 0.717) is 26.1 Å². The number of pyridine rings is 2. The van der Waals surface area contributed by atoms with E-state index in [9.17, 15) is 9.59 Å². The molecular formula is C23H24N4O3. The molecule has 3 aliphatic heterocycles. The Morgan fingerprint density at radius 1 is 1.30 bits per heavy atom. The first-order valence-electron chi connectivity index (χ1n) is 10.3. The molecule has 1 spiro atoms. The van der Waals surface area contributed by atoms with E-state index in [1.54, 1.807) is 35.4 Å². The Hall–Kier alpha value is -3.06. The molecule has 7 nitrogen and oxygen atoms in total. The van der Waals surface area contributed by atoms with Gasteiger partial charge < -0.3 is 14.5 Å². The average Bonchev–Trinajstić information content (AvgIpc) is 3.41. The fourth-order valence-electron chi connectivity index (χ4n) is 4.90. The molecule has 0 radical (unpaired) electrons. The molecule has 30 heavy (non-hydrogen) atoms. The molecule has 7 heteroatoms. The lowest BCUT2D eigenvalue weighted by molar-refractivity contribution is -0.142. The second-order valence-corrected chi connectivity index (χ2v) is 8.29. The zero-order valence-corrected chi connectivity index (χ0v) is 16.8. The van der Waals surface area contributed by atoms with Crippen LogP contribution in [0, 0.1) is 11.8 Å². The fraction of sp³-hybridized carbons (Fsp3) is 0.391. The summed E-state index contributed by atoms with van der Waals surface area (Å²) in [5, 5.41) is 0. The summed E-state index contributed by atoms with van der Waals surface area (Å²) in [6, 6.07) is 9.58. The number of rotatable bonds is 6. The number of aromatic nitrogens is 2. The molecule has 4 atom stereocenters. The van der Waals surface area contributed by atoms with Crippen LogP contribution in [0.5, 0.6) is 0 Å². The first kappa shape index (κ1) is 18.9. The van der Waals surface area contributed by atoms with Crippen molar-refractivity contribution in [2.75, 3.05) is 20.1 Å². The van der Waals surface area contributed by atoms with Crippen molar-refractivity contribution in [3.8, 4) is 0 Å². The molecule has 2 amide bonds. The Bertz CT molecular complexity index is 980. The highest BCUT2D eigenvalue weighted by molar-refractivity contribution is 5.93. The zero-order chi connectivity index (χ0) is 20.7. The van der Waals surface area contributed by atoms with Gasteiger partial charge in [0.05, 0.1) is 24.5 Å². The third kappa shape index (κ3) is 3.10. The number of likely N-dealkylation sites (tertiary alicyclic amines) is 1. The largest absolute Gasteiger partial charge is 0.360 e. The molecular weight excluding hydrogens is 380 g/mol. The quantitative estimate of drug-likeness (QED) is 0.682. The topological polar surface area (TPSA) is 75.6 Å². The van der Waals surface area contributed by atoms with Crippen molar-refractivity contribution in [2.45, 2.75) is 24.7 Å². The molecule has 2 bridgehead atoms. The van der Waals surface area contributed by atoms with Crippen LogP contribution in [0.1, 0.15) is 11.3 Å². The minimum Gasteiger partial charge on any atom is -0.360 e. The highest BCUT2D eigenvalue weighted by atomic mass is 16.5. The molecule has 154 valence electrons. The van der Waals surface area contributed by atoms with Crippen LogP contribution in [0.4, 0.5) is 0 Å². The Balaban J connectivity index is 1.31. The van der Waals surface area contributed by atoms with Gasteiger partial charge in [0.2, 0.25) is 11.8 Å². The van der Waals surface area contributed by atoms with Crippen molar-refractivity contribution in [3.05, 3.63) is 72.3 Å². The van der Waals surface area contributed by atoms with Crippen molar-refractivity contribution < 1.29 is 14.3 Å². The molecule has 2 aromatic rings. The van der Waals surface area contributed by atoms with Gasteiger partial charge >= 0.3 is 0 Å². The molecule has 2 fully saturated rings. The fourth-order valence-corrected chi connectivity index (χ4v) is 4.90. The van der Waals surface area contributed by atoms with E-state index in [1.165, 1.54) is 0 Å². The number of fused-ring (bicyclic) bond motifs is 1. The van der Waals surface area contributed by atoms with E-state index < -0.39 is 17.4 Å². The Labute approximate surface area is 175 Å². The third-order valence-corrected chi connectivity index (χ3v) is 6.37. The van der Waals surface area contributed by atoms with Crippen LogP contribution < -0.4 is 0 Å². The summed E-state index contributed by atoms with van der Waals surface area (Å²) in [4.78, 5) is 38.6. The molecule has 2 saturated heterocycles. The molecule has 0 aliphatic carbocycles. The molecule has 3 aliphatic rings. The monoisotopic (exact) mass is 404 g/mol. The summed E-state index contributed by atoms with van der Waals surface area (Å²) >= 11 is 0. The van der Waals surface area contributed by atoms with E-state index in [-0.39, 0.29) is 17.9 Å². The highest BCUT2D eigenvalue weighted by Gasteiger charge is 2.67. The minimum absolute atomic E-state index is 0.0119. The molecule has 5 rings (SSSR count). The van der Waals surface area contributed by atoms with E-state index in [4.69, 9.17) is 4.74 Å². The van der Waals surface area contributed by atoms with Crippen LogP contribution in [0.15, 0.2) is 61.1 Å². The van der Waals surface area contributed by atoms with Crippen molar-refractivity contribution in [3.63, 3.8) is 0 Å². The van der Waals surface area contributed by atoms with E-state index in [0.717, 1.165) is 11.3 Å². The van der Waals surface area contributed by atoms with Gasteiger partial charge in [-0.05, 0) is 23.8 Å². The Morgan fingerprint density at radius 2 is 2.20 bits per heavy atom. The summed E-state index contributed by atoms with van der Waals surface area (Å²) in [7, 11) is 1.79. The smallest absolute Gasteiger partial charge is 0.230 e. The molecule has 0 unspecified atom stereocenters. The summed E-state index contributed by atoms with van der Waals surface area (Å²) < 4.78 is 6.22. The number of carbonyl (C=O) groups is 2. The van der Waals surface area contributed by atoms with Gasteiger partial charge in [0, 0.05) is 50.8 Å². The summed E-state index contributed by atoms with van der Waals surface area (Å²) in [6.45, 7) is 1.50. The van der Waals surface area contributed by atoms with E-state index in [2.05, 4.69) is 9.97 Å². The van der Waals surface area contributed by atoms with Gasteiger partial charge in [0.25, 0.3) is 0 Å². The summed E-state index contributed by atoms with van der Waals surface area (Å²) in [5.41, 5.74) is 1.22. The van der Waals surface area contributed by atoms with Gasteiger partial charge in [0.15, 0.2) is 0 Å². The molecule has 0 aromatic carbocycles. The van der Waals surface area contributed by atoms with E-state index in [1.807, 2.05) is 42.5 Å². The first-order chi connectivity index (χ1) is 14.6. The number of hydrogen-bond donors (Lipinski definition) is 0. The Morgan fingerprint density at radius 3 is 2.97 bits per heavy atom. The van der Waals surface area contributed by atoms with Crippen LogP contribution in [0.25, 0.3) is 0 Å². The third-order valence-electron chi connectivity index (χ3n) is 6.37. The summed E-state index contributed by atoms with van der Waals surface area (Å²) in [5.74, 6) is -0.991. The van der Waals surface area contributed by atoms with Gasteiger partial charge in [-0.25, -0.2) is 0 Å². The van der Waals surface area contributed by atoms with Gasteiger partial charge in [-0.15, -0.1) is 0 Å². The van der Waals surface area contributed by atoms with Crippen LogP contribution in [-0.4, -0.2) is 63.4 Å². The van der Waals surface area contributed by atoms with Gasteiger partial charge in [-0.1, -0.05) is 24.3 Å². The Kier molecular flexibility index (Phi) is 4.62. The van der Waals surface area contributed by atoms with Crippen LogP contribution in [-0.2, 0) is 27.3 Å². The van der Waals surface area contributed by atoms with Gasteiger partial charge in [-0.3, -0.25) is 19.6 Å². The molecule has 0 saturated carbocycles. The molecule has 0 N–H and O–H groups in total. The number of amides is 2. The maximum absolute atomic E-state index is 13.3. The maximum atomic E-state index is 13.3. The predicted octanol–water partition coefficient (Wildman–Crippen LogP) is 1.46. The van der Waals surface area contributed by atoms with Gasteiger partial charge in [-0.2, -0.15) is 0 Å². The zero-order valence-electron chi connectivity index (χ0n) is 16.8. The lowest BCUT2D eigenvalue weighted by atomic mass is 9.76. The SMILES string of the molecule is CN(CCc1ccccn1)C(=O)[C@H]1[C@@H]2C=C[C@@]3(CN(Cc4cccnc4)C(=O)[C@@H]13)O2. The first-order valence-corrected chi connectivity index (χ1v) is 10.3. The number of carbonyl (C=O) groups excluding carboxylic acids is 2.